The van der Waals surface area contributed by atoms with Crippen LogP contribution in [0.2, 0.25) is 18.1 Å². The first kappa shape index (κ1) is 23.1. The highest BCUT2D eigenvalue weighted by Gasteiger charge is 2.49. The smallest absolute Gasteiger partial charge is 0.316 e. The third kappa shape index (κ3) is 6.05. The van der Waals surface area contributed by atoms with Crippen LogP contribution in [0, 0.1) is 11.8 Å². The topological polar surface area (TPSA) is 52.6 Å². The van der Waals surface area contributed by atoms with Gasteiger partial charge >= 0.3 is 5.97 Å². The van der Waals surface area contributed by atoms with Crippen LogP contribution in [0.15, 0.2) is 12.2 Å². The number of ketones is 1. The maximum absolute atomic E-state index is 12.5. The molecule has 1 rings (SSSR count). The molecule has 0 aromatic heterocycles. The Morgan fingerprint density at radius 3 is 2.31 bits per heavy atom. The van der Waals surface area contributed by atoms with E-state index in [0.29, 0.717) is 12.8 Å². The van der Waals surface area contributed by atoms with E-state index in [2.05, 4.69) is 39.8 Å². The van der Waals surface area contributed by atoms with Gasteiger partial charge in [0.05, 0.1) is 13.2 Å². The predicted molar refractivity (Wildman–Crippen MR) is 109 cm³/mol. The summed E-state index contributed by atoms with van der Waals surface area (Å²) in [7, 11) is -0.456. The molecule has 5 heteroatoms. The number of rotatable bonds is 12. The second-order valence-corrected chi connectivity index (χ2v) is 12.2. The zero-order valence-corrected chi connectivity index (χ0v) is 18.4. The average molecular weight is 383 g/mol. The summed E-state index contributed by atoms with van der Waals surface area (Å²) >= 11 is 0. The summed E-state index contributed by atoms with van der Waals surface area (Å²) in [5.74, 6) is -1.17. The van der Waals surface area contributed by atoms with Gasteiger partial charge in [-0.05, 0) is 37.4 Å². The molecular weight excluding hydrogens is 344 g/mol. The Morgan fingerprint density at radius 1 is 1.12 bits per heavy atom. The van der Waals surface area contributed by atoms with Crippen LogP contribution in [0.25, 0.3) is 0 Å². The second-order valence-electron chi connectivity index (χ2n) is 7.44. The molecule has 0 unspecified atom stereocenters. The lowest BCUT2D eigenvalue weighted by Crippen LogP contribution is -2.42. The molecule has 26 heavy (non-hydrogen) atoms. The monoisotopic (exact) mass is 382 g/mol. The average Bonchev–Trinajstić information content (AvgIpc) is 2.96. The van der Waals surface area contributed by atoms with Crippen LogP contribution in [0.3, 0.4) is 0 Å². The molecule has 0 aromatic rings. The highest BCUT2D eigenvalue weighted by Crippen LogP contribution is 2.38. The molecule has 0 bridgehead atoms. The fourth-order valence-corrected chi connectivity index (χ4v) is 6.89. The van der Waals surface area contributed by atoms with Crippen molar-refractivity contribution < 1.29 is 18.8 Å². The quantitative estimate of drug-likeness (QED) is 0.151. The molecule has 0 spiro atoms. The van der Waals surface area contributed by atoms with Crippen LogP contribution >= 0.6 is 0 Å². The van der Waals surface area contributed by atoms with Crippen molar-refractivity contribution in [2.75, 3.05) is 7.11 Å². The van der Waals surface area contributed by atoms with E-state index in [1.807, 2.05) is 0 Å². The summed E-state index contributed by atoms with van der Waals surface area (Å²) in [5.41, 5.74) is 0. The van der Waals surface area contributed by atoms with E-state index in [9.17, 15) is 9.59 Å². The Hall–Kier alpha value is -0.943. The van der Waals surface area contributed by atoms with E-state index in [0.717, 1.165) is 24.6 Å². The zero-order chi connectivity index (χ0) is 19.6. The fourth-order valence-electron chi connectivity index (χ4n) is 3.98. The molecule has 0 saturated heterocycles. The molecule has 0 aliphatic heterocycles. The second kappa shape index (κ2) is 11.7. The summed E-state index contributed by atoms with van der Waals surface area (Å²) in [4.78, 5) is 24.7. The minimum atomic E-state index is -1.82. The van der Waals surface area contributed by atoms with Gasteiger partial charge in [0.15, 0.2) is 8.32 Å². The van der Waals surface area contributed by atoms with Crippen molar-refractivity contribution >= 4 is 20.1 Å². The van der Waals surface area contributed by atoms with Gasteiger partial charge in [0, 0.05) is 12.3 Å². The van der Waals surface area contributed by atoms with E-state index >= 15 is 0 Å². The van der Waals surface area contributed by atoms with Crippen LogP contribution in [-0.2, 0) is 18.8 Å². The van der Waals surface area contributed by atoms with Gasteiger partial charge in [0.2, 0.25) is 0 Å². The van der Waals surface area contributed by atoms with Gasteiger partial charge in [-0.25, -0.2) is 0 Å². The Bertz CT molecular complexity index is 462. The molecule has 1 aliphatic rings. The largest absolute Gasteiger partial charge is 0.468 e. The van der Waals surface area contributed by atoms with Crippen molar-refractivity contribution in [2.45, 2.75) is 90.5 Å². The maximum atomic E-state index is 12.5. The number of esters is 1. The number of allylic oxidation sites excluding steroid dienone is 2. The lowest BCUT2D eigenvalue weighted by molar-refractivity contribution is -0.150. The first-order valence-corrected chi connectivity index (χ1v) is 12.9. The lowest BCUT2D eigenvalue weighted by atomic mass is 9.91. The number of unbranched alkanes of at least 4 members (excludes halogenated alkanes) is 3. The van der Waals surface area contributed by atoms with E-state index in [-0.39, 0.29) is 17.8 Å². The number of hydrogen-bond acceptors (Lipinski definition) is 4. The number of ether oxygens (including phenoxy) is 1. The maximum Gasteiger partial charge on any atom is 0.316 e. The van der Waals surface area contributed by atoms with E-state index in [1.54, 1.807) is 0 Å². The summed E-state index contributed by atoms with van der Waals surface area (Å²) < 4.78 is 11.6. The normalized spacial score (nSPS) is 23.7. The van der Waals surface area contributed by atoms with Crippen molar-refractivity contribution in [1.29, 1.82) is 0 Å². The standard InChI is InChI=1S/C21H38O4Si/c1-6-10-11-12-13-14-15-17-19(25-26(7-2,8-3)9-4)16-18(22)20(17)21(23)24-5/h13-14,17,19-20H,6-12,15-16H2,1-5H3/b14-13-/t17-,19-,20+/m0/s1. The number of carbonyl (C=O) groups is 2. The van der Waals surface area contributed by atoms with Crippen LogP contribution in [0.4, 0.5) is 0 Å². The molecule has 3 atom stereocenters. The molecule has 1 fully saturated rings. The molecule has 0 heterocycles. The minimum absolute atomic E-state index is 0.0163. The van der Waals surface area contributed by atoms with Crippen molar-refractivity contribution in [3.8, 4) is 0 Å². The molecule has 1 aliphatic carbocycles. The van der Waals surface area contributed by atoms with E-state index < -0.39 is 20.2 Å². The summed E-state index contributed by atoms with van der Waals surface area (Å²) in [5, 5.41) is 0. The minimum Gasteiger partial charge on any atom is -0.468 e. The van der Waals surface area contributed by atoms with Crippen LogP contribution in [-0.4, -0.2) is 33.3 Å². The van der Waals surface area contributed by atoms with Crippen molar-refractivity contribution in [3.63, 3.8) is 0 Å². The van der Waals surface area contributed by atoms with E-state index in [4.69, 9.17) is 9.16 Å². The SMILES string of the molecule is CCCCC/C=C\C[C@@H]1[C@@H](C(=O)OC)C(=O)C[C@@H]1O[Si](CC)(CC)CC. The molecule has 0 radical (unpaired) electrons. The Morgan fingerprint density at radius 2 is 1.77 bits per heavy atom. The first-order chi connectivity index (χ1) is 12.5. The molecule has 1 saturated carbocycles. The van der Waals surface area contributed by atoms with Crippen molar-refractivity contribution in [3.05, 3.63) is 12.2 Å². The number of hydrogen-bond donors (Lipinski definition) is 0. The van der Waals surface area contributed by atoms with Crippen molar-refractivity contribution in [1.82, 2.24) is 0 Å². The number of carbonyl (C=O) groups excluding carboxylic acids is 2. The zero-order valence-electron chi connectivity index (χ0n) is 17.4. The molecule has 0 amide bonds. The van der Waals surface area contributed by atoms with Crippen LogP contribution in [0.1, 0.15) is 66.2 Å². The van der Waals surface area contributed by atoms with Crippen LogP contribution in [0.5, 0.6) is 0 Å². The van der Waals surface area contributed by atoms with Gasteiger partial charge in [-0.15, -0.1) is 0 Å². The summed E-state index contributed by atoms with van der Waals surface area (Å²) in [6.45, 7) is 8.77. The van der Waals surface area contributed by atoms with Gasteiger partial charge in [0.25, 0.3) is 0 Å². The highest BCUT2D eigenvalue weighted by atomic mass is 28.4. The van der Waals surface area contributed by atoms with Crippen molar-refractivity contribution in [2.24, 2.45) is 11.8 Å². The van der Waals surface area contributed by atoms with Gasteiger partial charge in [-0.1, -0.05) is 52.7 Å². The summed E-state index contributed by atoms with van der Waals surface area (Å²) in [6.07, 6.45) is 9.94. The summed E-state index contributed by atoms with van der Waals surface area (Å²) in [6, 6.07) is 3.15. The van der Waals surface area contributed by atoms with E-state index in [1.165, 1.54) is 26.4 Å². The third-order valence-electron chi connectivity index (χ3n) is 5.99. The molecule has 0 aromatic carbocycles. The Balaban J connectivity index is 2.89. The van der Waals surface area contributed by atoms with Gasteiger partial charge < -0.3 is 9.16 Å². The predicted octanol–water partition coefficient (Wildman–Crippen LogP) is 5.28. The highest BCUT2D eigenvalue weighted by molar-refractivity contribution is 6.73. The lowest BCUT2D eigenvalue weighted by Gasteiger charge is -2.34. The fraction of sp³-hybridized carbons (Fsp3) is 0.810. The molecular formula is C21H38O4Si. The number of methoxy groups -OCH3 is 1. The number of Topliss-reactive ketones (excluding diaryl/α,β-unsaturated/α-hetero) is 1. The Labute approximate surface area is 160 Å². The van der Waals surface area contributed by atoms with Gasteiger partial charge in [-0.2, -0.15) is 0 Å². The van der Waals surface area contributed by atoms with Gasteiger partial charge in [0.1, 0.15) is 11.7 Å². The Kier molecular flexibility index (Phi) is 10.4. The van der Waals surface area contributed by atoms with Crippen LogP contribution < -0.4 is 0 Å². The molecule has 4 nitrogen and oxygen atoms in total. The van der Waals surface area contributed by atoms with Gasteiger partial charge in [-0.3, -0.25) is 9.59 Å². The molecule has 0 N–H and O–H groups in total. The first-order valence-electron chi connectivity index (χ1n) is 10.4. The third-order valence-corrected chi connectivity index (χ3v) is 10.7. The molecule has 150 valence electrons.